The molecule has 0 amide bonds. The number of carbonyl (C=O) groups excluding carboxylic acids is 1. The standard InChI is InChI=1S/C18H28O/c1-6-15(2)9-7-10-16(3)11-8-12-17(4)13-14-18(5)19/h6,10,12H,1-2,7-9,11,13-14H2,3-5H3/b16-10?,17-12-. The van der Waals surface area contributed by atoms with E-state index in [0.717, 1.165) is 37.7 Å². The molecule has 0 aromatic heterocycles. The van der Waals surface area contributed by atoms with E-state index in [-0.39, 0.29) is 5.78 Å². The quantitative estimate of drug-likeness (QED) is 0.372. The predicted octanol–water partition coefficient (Wildman–Crippen LogP) is 5.55. The molecule has 0 saturated heterocycles. The van der Waals surface area contributed by atoms with Gasteiger partial charge in [-0.3, -0.25) is 0 Å². The first-order chi connectivity index (χ1) is 8.95. The van der Waals surface area contributed by atoms with Crippen LogP contribution in [0.15, 0.2) is 48.1 Å². The van der Waals surface area contributed by atoms with Crippen molar-refractivity contribution in [1.82, 2.24) is 0 Å². The van der Waals surface area contributed by atoms with Crippen LogP contribution < -0.4 is 0 Å². The molecule has 0 aliphatic heterocycles. The van der Waals surface area contributed by atoms with Gasteiger partial charge in [-0.15, -0.1) is 0 Å². The fraction of sp³-hybridized carbons (Fsp3) is 0.500. The van der Waals surface area contributed by atoms with Crippen LogP contribution in [0.25, 0.3) is 0 Å². The van der Waals surface area contributed by atoms with E-state index in [2.05, 4.69) is 39.2 Å². The van der Waals surface area contributed by atoms with Crippen molar-refractivity contribution in [2.24, 2.45) is 0 Å². The van der Waals surface area contributed by atoms with Gasteiger partial charge in [-0.05, 0) is 52.9 Å². The van der Waals surface area contributed by atoms with Gasteiger partial charge in [0.25, 0.3) is 0 Å². The van der Waals surface area contributed by atoms with Crippen LogP contribution in [0.3, 0.4) is 0 Å². The first kappa shape index (κ1) is 17.6. The lowest BCUT2D eigenvalue weighted by molar-refractivity contribution is -0.116. The minimum absolute atomic E-state index is 0.270. The van der Waals surface area contributed by atoms with Crippen LogP contribution in [0.1, 0.15) is 59.3 Å². The Balaban J connectivity index is 3.88. The first-order valence-electron chi connectivity index (χ1n) is 7.06. The molecular weight excluding hydrogens is 232 g/mol. The first-order valence-corrected chi connectivity index (χ1v) is 7.06. The van der Waals surface area contributed by atoms with Crippen LogP contribution in [-0.2, 0) is 4.79 Å². The summed E-state index contributed by atoms with van der Waals surface area (Å²) < 4.78 is 0. The van der Waals surface area contributed by atoms with Gasteiger partial charge in [-0.2, -0.15) is 0 Å². The summed E-state index contributed by atoms with van der Waals surface area (Å²) in [6.45, 7) is 13.5. The number of hydrogen-bond acceptors (Lipinski definition) is 1. The van der Waals surface area contributed by atoms with E-state index in [1.165, 1.54) is 11.1 Å². The maximum Gasteiger partial charge on any atom is 0.130 e. The lowest BCUT2D eigenvalue weighted by Gasteiger charge is -2.02. The highest BCUT2D eigenvalue weighted by Gasteiger charge is 1.95. The highest BCUT2D eigenvalue weighted by atomic mass is 16.1. The maximum atomic E-state index is 10.9. The Morgan fingerprint density at radius 2 is 1.42 bits per heavy atom. The Morgan fingerprint density at radius 3 is 1.95 bits per heavy atom. The number of Topliss-reactive ketones (excluding diaryl/α,β-unsaturated/α-hetero) is 1. The minimum atomic E-state index is 0.270. The molecule has 106 valence electrons. The summed E-state index contributed by atoms with van der Waals surface area (Å²) in [4.78, 5) is 10.9. The molecule has 0 saturated carbocycles. The molecule has 0 N–H and O–H groups in total. The van der Waals surface area contributed by atoms with Crippen molar-refractivity contribution in [2.45, 2.75) is 59.3 Å². The summed E-state index contributed by atoms with van der Waals surface area (Å²) >= 11 is 0. The summed E-state index contributed by atoms with van der Waals surface area (Å²) in [6.07, 6.45) is 12.1. The van der Waals surface area contributed by atoms with Crippen LogP contribution in [0, 0.1) is 0 Å². The van der Waals surface area contributed by atoms with Crippen molar-refractivity contribution in [3.63, 3.8) is 0 Å². The number of rotatable bonds is 10. The van der Waals surface area contributed by atoms with Crippen LogP contribution in [-0.4, -0.2) is 5.78 Å². The van der Waals surface area contributed by atoms with Gasteiger partial charge in [-0.25, -0.2) is 0 Å². The molecule has 0 radical (unpaired) electrons. The normalized spacial score (nSPS) is 12.4. The molecule has 1 heteroatoms. The second-order valence-electron chi connectivity index (χ2n) is 5.24. The van der Waals surface area contributed by atoms with Crippen LogP contribution >= 0.6 is 0 Å². The molecule has 0 unspecified atom stereocenters. The molecule has 0 bridgehead atoms. The van der Waals surface area contributed by atoms with Crippen molar-refractivity contribution in [1.29, 1.82) is 0 Å². The van der Waals surface area contributed by atoms with E-state index in [9.17, 15) is 4.79 Å². The Labute approximate surface area is 118 Å². The maximum absolute atomic E-state index is 10.9. The zero-order valence-electron chi connectivity index (χ0n) is 12.8. The Bertz CT molecular complexity index is 369. The fourth-order valence-corrected chi connectivity index (χ4v) is 1.73. The van der Waals surface area contributed by atoms with E-state index < -0.39 is 0 Å². The summed E-state index contributed by atoms with van der Waals surface area (Å²) in [7, 11) is 0. The van der Waals surface area contributed by atoms with Gasteiger partial charge in [0.2, 0.25) is 0 Å². The van der Waals surface area contributed by atoms with E-state index in [1.54, 1.807) is 6.92 Å². The molecule has 0 fully saturated rings. The second kappa shape index (κ2) is 10.5. The summed E-state index contributed by atoms with van der Waals surface area (Å²) in [5.41, 5.74) is 3.85. The Hall–Kier alpha value is -1.37. The van der Waals surface area contributed by atoms with E-state index in [0.29, 0.717) is 6.42 Å². The van der Waals surface area contributed by atoms with E-state index in [1.807, 2.05) is 6.08 Å². The average molecular weight is 260 g/mol. The van der Waals surface area contributed by atoms with Gasteiger partial charge < -0.3 is 4.79 Å². The van der Waals surface area contributed by atoms with Gasteiger partial charge in [0.1, 0.15) is 5.78 Å². The third kappa shape index (κ3) is 11.5. The number of allylic oxidation sites excluding steroid dienone is 6. The molecule has 0 aliphatic rings. The topological polar surface area (TPSA) is 17.1 Å². The van der Waals surface area contributed by atoms with Crippen molar-refractivity contribution in [3.05, 3.63) is 48.1 Å². The van der Waals surface area contributed by atoms with Crippen LogP contribution in [0.4, 0.5) is 0 Å². The smallest absolute Gasteiger partial charge is 0.130 e. The second-order valence-corrected chi connectivity index (χ2v) is 5.24. The van der Waals surface area contributed by atoms with Gasteiger partial charge in [0.05, 0.1) is 0 Å². The molecule has 0 aliphatic carbocycles. The Morgan fingerprint density at radius 1 is 0.895 bits per heavy atom. The molecule has 0 aromatic rings. The molecule has 0 rings (SSSR count). The predicted molar refractivity (Wildman–Crippen MR) is 85.2 cm³/mol. The lowest BCUT2D eigenvalue weighted by Crippen LogP contribution is -1.90. The van der Waals surface area contributed by atoms with Gasteiger partial charge in [-0.1, -0.05) is 48.1 Å². The van der Waals surface area contributed by atoms with Crippen molar-refractivity contribution in [2.75, 3.05) is 0 Å². The lowest BCUT2D eigenvalue weighted by atomic mass is 10.0. The monoisotopic (exact) mass is 260 g/mol. The molecule has 0 atom stereocenters. The van der Waals surface area contributed by atoms with Gasteiger partial charge >= 0.3 is 0 Å². The molecule has 19 heavy (non-hydrogen) atoms. The van der Waals surface area contributed by atoms with E-state index in [4.69, 9.17) is 0 Å². The number of ketones is 1. The fourth-order valence-electron chi connectivity index (χ4n) is 1.73. The number of carbonyl (C=O) groups is 1. The zero-order chi connectivity index (χ0) is 14.7. The molecule has 1 nitrogen and oxygen atoms in total. The third-order valence-corrected chi connectivity index (χ3v) is 3.15. The Kier molecular flexibility index (Phi) is 9.78. The molecular formula is C18H28O. The molecule has 0 spiro atoms. The van der Waals surface area contributed by atoms with Gasteiger partial charge in [0.15, 0.2) is 0 Å². The highest BCUT2D eigenvalue weighted by molar-refractivity contribution is 5.75. The highest BCUT2D eigenvalue weighted by Crippen LogP contribution is 2.12. The molecule has 0 aromatic carbocycles. The van der Waals surface area contributed by atoms with E-state index >= 15 is 0 Å². The van der Waals surface area contributed by atoms with Crippen LogP contribution in [0.5, 0.6) is 0 Å². The summed E-state index contributed by atoms with van der Waals surface area (Å²) in [5, 5.41) is 0. The largest absolute Gasteiger partial charge is 0.300 e. The van der Waals surface area contributed by atoms with Gasteiger partial charge in [0, 0.05) is 6.42 Å². The van der Waals surface area contributed by atoms with Crippen LogP contribution in [0.2, 0.25) is 0 Å². The minimum Gasteiger partial charge on any atom is -0.300 e. The molecule has 0 heterocycles. The third-order valence-electron chi connectivity index (χ3n) is 3.15. The van der Waals surface area contributed by atoms with Crippen molar-refractivity contribution < 1.29 is 4.79 Å². The summed E-state index contributed by atoms with van der Waals surface area (Å²) in [5.74, 6) is 0.270. The summed E-state index contributed by atoms with van der Waals surface area (Å²) in [6, 6.07) is 0. The average Bonchev–Trinajstić information content (AvgIpc) is 2.36. The van der Waals surface area contributed by atoms with Crippen molar-refractivity contribution >= 4 is 5.78 Å². The zero-order valence-corrected chi connectivity index (χ0v) is 12.8. The van der Waals surface area contributed by atoms with Crippen molar-refractivity contribution in [3.8, 4) is 0 Å². The number of hydrogen-bond donors (Lipinski definition) is 0. The SMILES string of the molecule is C=CC(=C)CCC=C(C)CC/C=C(/C)CCC(C)=O.